The van der Waals surface area contributed by atoms with Gasteiger partial charge in [0.05, 0.1) is 15.5 Å². The molecule has 7 aliphatic rings. The number of rotatable bonds is 0. The monoisotopic (exact) mass is 870 g/mol. The van der Waals surface area contributed by atoms with Gasteiger partial charge >= 0.3 is 22.9 Å². The summed E-state index contributed by atoms with van der Waals surface area (Å²) in [4.78, 5) is 0. The van der Waals surface area contributed by atoms with Crippen LogP contribution in [0, 0.1) is 0 Å². The molecule has 1 atom stereocenters. The average Bonchev–Trinajstić information content (AvgIpc) is 4.09. The highest BCUT2D eigenvalue weighted by Gasteiger charge is 2.71. The average molecular weight is 871 g/mol. The summed E-state index contributed by atoms with van der Waals surface area (Å²) in [5, 5.41) is 16.8. The van der Waals surface area contributed by atoms with Crippen LogP contribution in [0.15, 0.2) is 194 Å². The fraction of sp³-hybridized carbons (Fsp3) is 0. The summed E-state index contributed by atoms with van der Waals surface area (Å²) in [6.07, 6.45) is 2.35. The summed E-state index contributed by atoms with van der Waals surface area (Å²) in [5.74, 6) is 1.73. The predicted molar refractivity (Wildman–Crippen MR) is 267 cm³/mol. The van der Waals surface area contributed by atoms with Gasteiger partial charge in [0.2, 0.25) is 17.1 Å². The van der Waals surface area contributed by atoms with Crippen LogP contribution in [-0.2, 0) is 0 Å². The second kappa shape index (κ2) is 10.0. The molecule has 0 amide bonds. The zero-order chi connectivity index (χ0) is 42.2. The molecule has 0 N–H and O–H groups in total. The van der Waals surface area contributed by atoms with Crippen LogP contribution in [0.4, 0.5) is 11.4 Å². The van der Waals surface area contributed by atoms with E-state index in [0.29, 0.717) is 4.70 Å². The minimum absolute atomic E-state index is 0.310. The van der Waals surface area contributed by atoms with E-state index in [0.717, 1.165) is 17.3 Å². The predicted octanol–water partition coefficient (Wildman–Crippen LogP) is 6.10. The molecule has 11 heterocycles. The highest BCUT2D eigenvalue weighted by Crippen LogP contribution is 2.56. The quantitative estimate of drug-likeness (QED) is 0.103. The molecular weight excluding hydrogens is 839 g/mol. The summed E-state index contributed by atoms with van der Waals surface area (Å²) in [6.45, 7) is 0. The van der Waals surface area contributed by atoms with Crippen molar-refractivity contribution in [3.8, 4) is 45.3 Å². The van der Waals surface area contributed by atoms with Crippen molar-refractivity contribution in [1.82, 2.24) is 13.8 Å². The number of ether oxygens (including phenoxy) is 1. The fourth-order valence-electron chi connectivity index (χ4n) is 15.2. The molecule has 0 saturated carbocycles. The van der Waals surface area contributed by atoms with Crippen LogP contribution in [0.25, 0.3) is 77.5 Å². The summed E-state index contributed by atoms with van der Waals surface area (Å²) in [5.41, 5.74) is 15.5. The molecule has 8 heteroatoms. The topological polar surface area (TPSA) is 26.8 Å². The van der Waals surface area contributed by atoms with Crippen molar-refractivity contribution in [3.05, 3.63) is 194 Å². The van der Waals surface area contributed by atoms with Crippen LogP contribution in [0.1, 0.15) is 0 Å². The van der Waals surface area contributed by atoms with E-state index >= 15 is 0 Å². The van der Waals surface area contributed by atoms with E-state index < -0.39 is 16.1 Å². The Hall–Kier alpha value is -8.15. The Kier molecular flexibility index (Phi) is 4.95. The SMILES string of the molecule is c1ccc2c(c1)-c1ccccc1[Si]21c2ccc3c4c2-n2c5c1cccc5c1ccc[n+](c12)[N+]41c2cccc4c2-n2c5c(cccc5c5ccc([n+]1c52)O3)[Si]41c2ccccc2-c2ccccc21. The summed E-state index contributed by atoms with van der Waals surface area (Å²) in [6, 6.07) is 73.0. The Labute approximate surface area is 378 Å². The van der Waals surface area contributed by atoms with Gasteiger partial charge < -0.3 is 4.74 Å². The van der Waals surface area contributed by atoms with Gasteiger partial charge in [-0.1, -0.05) is 140 Å². The van der Waals surface area contributed by atoms with E-state index in [9.17, 15) is 0 Å². The second-order valence-corrected chi connectivity index (χ2v) is 26.6. The first kappa shape index (κ1) is 32.5. The molecule has 300 valence electrons. The van der Waals surface area contributed by atoms with Crippen LogP contribution in [0.3, 0.4) is 0 Å². The minimum Gasteiger partial charge on any atom is -0.412 e. The third-order valence-electron chi connectivity index (χ3n) is 17.1. The molecule has 12 aromatic rings. The van der Waals surface area contributed by atoms with Crippen LogP contribution in [0.2, 0.25) is 0 Å². The van der Waals surface area contributed by atoms with Crippen LogP contribution < -0.4 is 60.3 Å². The molecule has 1 unspecified atom stereocenters. The molecule has 0 bridgehead atoms. The normalized spacial score (nSPS) is 18.1. The van der Waals surface area contributed by atoms with Crippen LogP contribution >= 0.6 is 0 Å². The molecule has 7 aliphatic heterocycles. The van der Waals surface area contributed by atoms with Crippen molar-refractivity contribution < 1.29 is 14.1 Å². The summed E-state index contributed by atoms with van der Waals surface area (Å²) in [7, 11) is -5.86. The highest BCUT2D eigenvalue weighted by atomic mass is 28.3. The molecule has 66 heavy (non-hydrogen) atoms. The van der Waals surface area contributed by atoms with Crippen molar-refractivity contribution in [2.45, 2.75) is 0 Å². The number of hydrogen-bond acceptors (Lipinski definition) is 1. The number of pyridine rings is 2. The minimum atomic E-state index is -2.94. The Balaban J connectivity index is 1.09. The number of hydrogen-bond donors (Lipinski definition) is 0. The molecule has 8 aromatic carbocycles. The molecule has 3 spiro atoms. The number of nitrogens with zero attached hydrogens (tertiary/aromatic N) is 5. The number of para-hydroxylation sites is 3. The lowest BCUT2D eigenvalue weighted by molar-refractivity contribution is -1.02. The summed E-state index contributed by atoms with van der Waals surface area (Å²) >= 11 is 0. The van der Waals surface area contributed by atoms with Gasteiger partial charge in [0.25, 0.3) is 5.69 Å². The standard InChI is InChI=1S/C58H32N5OSi2/c1-5-21-43-33(13-1)34-14-2-6-22-44(34)65(43)47-25-10-18-38-40-28-31-51-62-58(40)60(52(38)47)54-41(20-11-27-49(54)65)63(62)56-42(64-51)29-30-50-55(56)61-53-37(39-19-12-32-59(63)57(39)61)17-9-26-48(53)66(50)45-23-7-3-15-35(45)36-16-4-8-24-46(36)66/h1-32H/q+3. The van der Waals surface area contributed by atoms with Gasteiger partial charge in [-0.25, -0.2) is 0 Å². The van der Waals surface area contributed by atoms with E-state index in [4.69, 9.17) is 4.74 Å². The van der Waals surface area contributed by atoms with Crippen molar-refractivity contribution >= 4 is 113 Å². The van der Waals surface area contributed by atoms with E-state index in [1.807, 2.05) is 0 Å². The Morgan fingerprint density at radius 3 is 1.52 bits per heavy atom. The summed E-state index contributed by atoms with van der Waals surface area (Å²) < 4.78 is 18.2. The van der Waals surface area contributed by atoms with Crippen molar-refractivity contribution in [2.24, 2.45) is 0 Å². The Morgan fingerprint density at radius 1 is 0.394 bits per heavy atom. The third kappa shape index (κ3) is 2.87. The van der Waals surface area contributed by atoms with Gasteiger partial charge in [-0.15, -0.1) is 0 Å². The Bertz CT molecular complexity index is 4390. The van der Waals surface area contributed by atoms with Gasteiger partial charge in [-0.3, -0.25) is 0 Å². The van der Waals surface area contributed by atoms with Crippen molar-refractivity contribution in [2.75, 3.05) is 0 Å². The number of quaternary nitrogens is 1. The maximum absolute atomic E-state index is 7.43. The molecule has 0 saturated heterocycles. The highest BCUT2D eigenvalue weighted by molar-refractivity contribution is 7.24. The number of fused-ring (bicyclic) bond motifs is 16. The van der Waals surface area contributed by atoms with E-state index in [1.165, 1.54) is 125 Å². The largest absolute Gasteiger partial charge is 0.412 e. The molecule has 0 fully saturated rings. The molecule has 0 radical (unpaired) electrons. The van der Waals surface area contributed by atoms with Gasteiger partial charge in [0.15, 0.2) is 22.3 Å². The Morgan fingerprint density at radius 2 is 0.894 bits per heavy atom. The van der Waals surface area contributed by atoms with Gasteiger partial charge in [0.1, 0.15) is 11.0 Å². The lowest BCUT2D eigenvalue weighted by atomic mass is 10.1. The molecule has 6 nitrogen and oxygen atoms in total. The van der Waals surface area contributed by atoms with Gasteiger partial charge in [-0.05, 0) is 84.1 Å². The van der Waals surface area contributed by atoms with Gasteiger partial charge in [-0.2, -0.15) is 9.13 Å². The molecule has 0 aliphatic carbocycles. The maximum Gasteiger partial charge on any atom is 0.355 e. The molecular formula is C58H32N5OSi2+3. The van der Waals surface area contributed by atoms with E-state index in [2.05, 4.69) is 213 Å². The first-order valence-corrected chi connectivity index (χ1v) is 27.1. The van der Waals surface area contributed by atoms with Crippen molar-refractivity contribution in [1.29, 1.82) is 0 Å². The first-order valence-electron chi connectivity index (χ1n) is 23.1. The lowest BCUT2D eigenvalue weighted by Crippen LogP contribution is -2.88. The number of benzene rings is 8. The maximum atomic E-state index is 7.43. The molecule has 19 rings (SSSR count). The van der Waals surface area contributed by atoms with E-state index in [-0.39, 0.29) is 0 Å². The first-order chi connectivity index (χ1) is 32.8. The van der Waals surface area contributed by atoms with Crippen LogP contribution in [-0.4, -0.2) is 25.3 Å². The second-order valence-electron chi connectivity index (χ2n) is 19.3. The zero-order valence-electron chi connectivity index (χ0n) is 35.1. The molecule has 4 aromatic heterocycles. The van der Waals surface area contributed by atoms with Crippen molar-refractivity contribution in [3.63, 3.8) is 0 Å². The number of aromatic nitrogens is 4. The smallest absolute Gasteiger partial charge is 0.355 e. The zero-order valence-corrected chi connectivity index (χ0v) is 37.1. The fourth-order valence-corrected chi connectivity index (χ4v) is 26.3. The van der Waals surface area contributed by atoms with Crippen LogP contribution in [0.5, 0.6) is 11.6 Å². The third-order valence-corrected chi connectivity index (χ3v) is 26.9. The lowest BCUT2D eigenvalue weighted by Gasteiger charge is -2.43. The van der Waals surface area contributed by atoms with Gasteiger partial charge in [0, 0.05) is 48.3 Å². The van der Waals surface area contributed by atoms with E-state index in [1.54, 1.807) is 0 Å².